The van der Waals surface area contributed by atoms with Gasteiger partial charge in [-0.2, -0.15) is 13.2 Å². The first-order chi connectivity index (χ1) is 14.2. The van der Waals surface area contributed by atoms with Gasteiger partial charge in [-0.3, -0.25) is 19.4 Å². The SMILES string of the molecule is CC1=C(C)C(=O)N(CCCN2CCN(c3ccccc3OCC(F)(F)F)CC2)C1=O.Cl. The molecule has 6 nitrogen and oxygen atoms in total. The first-order valence-electron chi connectivity index (χ1n) is 9.97. The first kappa shape index (κ1) is 25.0. The second-order valence-electron chi connectivity index (χ2n) is 7.57. The predicted octanol–water partition coefficient (Wildman–Crippen LogP) is 3.27. The molecule has 1 saturated heterocycles. The van der Waals surface area contributed by atoms with E-state index in [2.05, 4.69) is 4.90 Å². The average molecular weight is 462 g/mol. The second-order valence-corrected chi connectivity index (χ2v) is 7.57. The molecule has 0 aliphatic carbocycles. The van der Waals surface area contributed by atoms with Crippen molar-refractivity contribution in [1.82, 2.24) is 9.80 Å². The lowest BCUT2D eigenvalue weighted by molar-refractivity contribution is -0.153. The van der Waals surface area contributed by atoms with Gasteiger partial charge >= 0.3 is 6.18 Å². The van der Waals surface area contributed by atoms with E-state index in [-0.39, 0.29) is 30.0 Å². The van der Waals surface area contributed by atoms with Gasteiger partial charge in [0, 0.05) is 43.9 Å². The summed E-state index contributed by atoms with van der Waals surface area (Å²) in [5, 5.41) is 0. The number of alkyl halides is 3. The van der Waals surface area contributed by atoms with Crippen LogP contribution in [0.5, 0.6) is 5.75 Å². The number of amides is 2. The lowest BCUT2D eigenvalue weighted by atomic mass is 10.2. The van der Waals surface area contributed by atoms with E-state index in [9.17, 15) is 22.8 Å². The molecule has 0 bridgehead atoms. The normalized spacial score (nSPS) is 18.0. The van der Waals surface area contributed by atoms with Gasteiger partial charge in [0.05, 0.1) is 5.69 Å². The smallest absolute Gasteiger partial charge is 0.422 e. The quantitative estimate of drug-likeness (QED) is 0.583. The number of nitrogens with zero attached hydrogens (tertiary/aromatic N) is 3. The molecule has 0 radical (unpaired) electrons. The summed E-state index contributed by atoms with van der Waals surface area (Å²) in [6.07, 6.45) is -3.69. The summed E-state index contributed by atoms with van der Waals surface area (Å²) in [5.74, 6) is -0.192. The Bertz CT molecular complexity index is 813. The summed E-state index contributed by atoms with van der Waals surface area (Å²) in [6.45, 7) is 5.97. The van der Waals surface area contributed by atoms with Crippen LogP contribution in [0.1, 0.15) is 20.3 Å². The molecule has 10 heteroatoms. The minimum atomic E-state index is -4.38. The second kappa shape index (κ2) is 10.4. The van der Waals surface area contributed by atoms with E-state index in [1.54, 1.807) is 38.1 Å². The fourth-order valence-electron chi connectivity index (χ4n) is 3.69. The number of ether oxygens (including phenoxy) is 1. The van der Waals surface area contributed by atoms with Crippen LogP contribution in [-0.4, -0.2) is 73.7 Å². The minimum absolute atomic E-state index is 0. The molecule has 0 aromatic heterocycles. The van der Waals surface area contributed by atoms with E-state index in [0.29, 0.717) is 42.9 Å². The number of benzene rings is 1. The standard InChI is InChI=1S/C21H26F3N3O3.ClH/c1-15-16(2)20(29)27(19(15)28)9-5-8-25-10-12-26(13-11-25)17-6-3-4-7-18(17)30-14-21(22,23)24;/h3-4,6-7H,5,8-14H2,1-2H3;1H. The van der Waals surface area contributed by atoms with Crippen LogP contribution < -0.4 is 9.64 Å². The monoisotopic (exact) mass is 461 g/mol. The average Bonchev–Trinajstić information content (AvgIpc) is 2.90. The Morgan fingerprint density at radius 3 is 2.10 bits per heavy atom. The molecule has 0 spiro atoms. The van der Waals surface area contributed by atoms with Gasteiger partial charge in [-0.15, -0.1) is 12.4 Å². The lowest BCUT2D eigenvalue weighted by Gasteiger charge is -2.37. The van der Waals surface area contributed by atoms with Crippen molar-refractivity contribution in [3.63, 3.8) is 0 Å². The van der Waals surface area contributed by atoms with Crippen LogP contribution in [0.25, 0.3) is 0 Å². The number of rotatable bonds is 7. The molecular formula is C21H27ClF3N3O3. The van der Waals surface area contributed by atoms with Crippen LogP contribution in [0.15, 0.2) is 35.4 Å². The Morgan fingerprint density at radius 1 is 0.935 bits per heavy atom. The van der Waals surface area contributed by atoms with Crippen molar-refractivity contribution in [2.24, 2.45) is 0 Å². The summed E-state index contributed by atoms with van der Waals surface area (Å²) in [4.78, 5) is 29.8. The molecule has 0 unspecified atom stereocenters. The molecule has 0 saturated carbocycles. The number of carbonyl (C=O) groups is 2. The van der Waals surface area contributed by atoms with Crippen molar-refractivity contribution in [2.45, 2.75) is 26.4 Å². The summed E-state index contributed by atoms with van der Waals surface area (Å²) in [6, 6.07) is 6.76. The Morgan fingerprint density at radius 2 is 1.52 bits per heavy atom. The zero-order valence-corrected chi connectivity index (χ0v) is 18.4. The maximum absolute atomic E-state index is 12.5. The molecule has 0 atom stereocenters. The number of halogens is 4. The van der Waals surface area contributed by atoms with Gasteiger partial charge in [-0.05, 0) is 38.9 Å². The van der Waals surface area contributed by atoms with Gasteiger partial charge in [0.25, 0.3) is 11.8 Å². The molecule has 1 aromatic carbocycles. The van der Waals surface area contributed by atoms with Gasteiger partial charge in [-0.1, -0.05) is 12.1 Å². The zero-order chi connectivity index (χ0) is 21.9. The maximum atomic E-state index is 12.5. The third kappa shape index (κ3) is 6.13. The van der Waals surface area contributed by atoms with E-state index in [4.69, 9.17) is 4.74 Å². The van der Waals surface area contributed by atoms with Crippen molar-refractivity contribution in [2.75, 3.05) is 50.8 Å². The highest BCUT2D eigenvalue weighted by Gasteiger charge is 2.33. The molecule has 1 fully saturated rings. The van der Waals surface area contributed by atoms with E-state index in [0.717, 1.165) is 19.6 Å². The summed E-state index contributed by atoms with van der Waals surface area (Å²) >= 11 is 0. The van der Waals surface area contributed by atoms with Crippen molar-refractivity contribution in [3.05, 3.63) is 35.4 Å². The van der Waals surface area contributed by atoms with Gasteiger partial charge < -0.3 is 9.64 Å². The number of hydrogen-bond acceptors (Lipinski definition) is 5. The third-order valence-corrected chi connectivity index (χ3v) is 5.52. The molecule has 2 amide bonds. The Kier molecular flexibility index (Phi) is 8.36. The highest BCUT2D eigenvalue weighted by atomic mass is 35.5. The summed E-state index contributed by atoms with van der Waals surface area (Å²) in [7, 11) is 0. The number of piperazine rings is 1. The molecule has 2 aliphatic rings. The van der Waals surface area contributed by atoms with Gasteiger partial charge in [0.2, 0.25) is 0 Å². The predicted molar refractivity (Wildman–Crippen MR) is 114 cm³/mol. The largest absolute Gasteiger partial charge is 0.482 e. The van der Waals surface area contributed by atoms with Crippen molar-refractivity contribution >= 4 is 29.9 Å². The van der Waals surface area contributed by atoms with Crippen molar-refractivity contribution < 1.29 is 27.5 Å². The molecule has 1 aromatic rings. The van der Waals surface area contributed by atoms with Crippen LogP contribution in [0, 0.1) is 0 Å². The topological polar surface area (TPSA) is 53.1 Å². The fraction of sp³-hybridized carbons (Fsp3) is 0.524. The number of imide groups is 1. The zero-order valence-electron chi connectivity index (χ0n) is 17.6. The molecule has 3 rings (SSSR count). The number of anilines is 1. The lowest BCUT2D eigenvalue weighted by Crippen LogP contribution is -2.47. The molecule has 0 N–H and O–H groups in total. The highest BCUT2D eigenvalue weighted by molar-refractivity contribution is 6.18. The summed E-state index contributed by atoms with van der Waals surface area (Å²) in [5.41, 5.74) is 1.69. The van der Waals surface area contributed by atoms with Gasteiger partial charge in [0.1, 0.15) is 5.75 Å². The van der Waals surface area contributed by atoms with E-state index >= 15 is 0 Å². The van der Waals surface area contributed by atoms with Crippen LogP contribution in [0.4, 0.5) is 18.9 Å². The van der Waals surface area contributed by atoms with E-state index < -0.39 is 12.8 Å². The third-order valence-electron chi connectivity index (χ3n) is 5.52. The van der Waals surface area contributed by atoms with Crippen LogP contribution in [-0.2, 0) is 9.59 Å². The van der Waals surface area contributed by atoms with Crippen LogP contribution in [0.3, 0.4) is 0 Å². The number of carbonyl (C=O) groups excluding carboxylic acids is 2. The Hall–Kier alpha value is -2.26. The van der Waals surface area contributed by atoms with Crippen molar-refractivity contribution in [1.29, 1.82) is 0 Å². The Labute approximate surface area is 186 Å². The summed E-state index contributed by atoms with van der Waals surface area (Å²) < 4.78 is 42.5. The van der Waals surface area contributed by atoms with Crippen LogP contribution in [0.2, 0.25) is 0 Å². The van der Waals surface area contributed by atoms with E-state index in [1.165, 1.54) is 4.90 Å². The van der Waals surface area contributed by atoms with Gasteiger partial charge in [-0.25, -0.2) is 0 Å². The number of para-hydroxylation sites is 2. The van der Waals surface area contributed by atoms with Gasteiger partial charge in [0.15, 0.2) is 6.61 Å². The molecule has 2 heterocycles. The number of hydrogen-bond donors (Lipinski definition) is 0. The van der Waals surface area contributed by atoms with E-state index in [1.807, 2.05) is 4.90 Å². The molecular weight excluding hydrogens is 435 g/mol. The fourth-order valence-corrected chi connectivity index (χ4v) is 3.69. The molecule has 172 valence electrons. The maximum Gasteiger partial charge on any atom is 0.422 e. The highest BCUT2D eigenvalue weighted by Crippen LogP contribution is 2.30. The minimum Gasteiger partial charge on any atom is -0.482 e. The molecule has 31 heavy (non-hydrogen) atoms. The molecule has 2 aliphatic heterocycles. The van der Waals surface area contributed by atoms with Crippen LogP contribution >= 0.6 is 12.4 Å². The Balaban J connectivity index is 0.00000341. The van der Waals surface area contributed by atoms with Crippen molar-refractivity contribution in [3.8, 4) is 5.75 Å². The first-order valence-corrected chi connectivity index (χ1v) is 9.97.